The summed E-state index contributed by atoms with van der Waals surface area (Å²) in [6, 6.07) is 13.2. The van der Waals surface area contributed by atoms with Crippen LogP contribution in [-0.4, -0.2) is 14.5 Å². The van der Waals surface area contributed by atoms with Crippen molar-refractivity contribution in [3.05, 3.63) is 77.5 Å². The minimum Gasteiger partial charge on any atom is -0.308 e. The first-order chi connectivity index (χ1) is 9.74. The average Bonchev–Trinajstić information content (AvgIpc) is 2.53. The van der Waals surface area contributed by atoms with Gasteiger partial charge in [0.2, 0.25) is 0 Å². The topological polar surface area (TPSA) is 47.8 Å². The molecule has 2 heterocycles. The van der Waals surface area contributed by atoms with Crippen LogP contribution in [0.15, 0.2) is 66.2 Å². The Balaban J connectivity index is 0.000000205. The van der Waals surface area contributed by atoms with Crippen molar-refractivity contribution in [1.29, 1.82) is 0 Å². The zero-order valence-electron chi connectivity index (χ0n) is 11.2. The fraction of sp³-hybridized carbons (Fsp3) is 0.0625. The van der Waals surface area contributed by atoms with E-state index in [1.165, 1.54) is 6.08 Å². The largest absolute Gasteiger partial charge is 0.308 e. The second-order valence-corrected chi connectivity index (χ2v) is 4.08. The molecule has 0 bridgehead atoms. The maximum absolute atomic E-state index is 11.6. The second kappa shape index (κ2) is 6.43. The van der Waals surface area contributed by atoms with Crippen molar-refractivity contribution in [2.45, 2.75) is 0 Å². The standard InChI is InChI=1S/C11H10N2O.C5H5N/c1-3-8-11(14)13(2)10-7-5-4-6-9(10)12-8;1-2-4-6-5-3-1/h3-7H,1H2,2H3;1-5H. The van der Waals surface area contributed by atoms with E-state index in [2.05, 4.69) is 16.5 Å². The van der Waals surface area contributed by atoms with E-state index in [0.717, 1.165) is 11.0 Å². The third kappa shape index (κ3) is 2.98. The van der Waals surface area contributed by atoms with E-state index in [1.54, 1.807) is 24.0 Å². The highest BCUT2D eigenvalue weighted by Gasteiger charge is 2.03. The summed E-state index contributed by atoms with van der Waals surface area (Å²) < 4.78 is 1.58. The van der Waals surface area contributed by atoms with Gasteiger partial charge in [-0.05, 0) is 30.3 Å². The van der Waals surface area contributed by atoms with Crippen molar-refractivity contribution in [3.8, 4) is 0 Å². The molecule has 0 aliphatic heterocycles. The zero-order chi connectivity index (χ0) is 14.4. The van der Waals surface area contributed by atoms with Gasteiger partial charge in [-0.1, -0.05) is 24.8 Å². The van der Waals surface area contributed by atoms with Gasteiger partial charge in [-0.25, -0.2) is 4.98 Å². The number of hydrogen-bond acceptors (Lipinski definition) is 3. The zero-order valence-corrected chi connectivity index (χ0v) is 11.2. The normalized spacial score (nSPS) is 9.65. The molecule has 0 spiro atoms. The van der Waals surface area contributed by atoms with Crippen molar-refractivity contribution in [3.63, 3.8) is 0 Å². The van der Waals surface area contributed by atoms with E-state index in [0.29, 0.717) is 5.69 Å². The second-order valence-electron chi connectivity index (χ2n) is 4.08. The molecular weight excluding hydrogens is 250 g/mol. The van der Waals surface area contributed by atoms with Gasteiger partial charge in [0.05, 0.1) is 11.0 Å². The fourth-order valence-electron chi connectivity index (χ4n) is 1.75. The molecule has 0 N–H and O–H groups in total. The summed E-state index contributed by atoms with van der Waals surface area (Å²) in [6.45, 7) is 3.56. The molecule has 100 valence electrons. The van der Waals surface area contributed by atoms with E-state index in [-0.39, 0.29) is 5.56 Å². The molecule has 2 aromatic heterocycles. The number of rotatable bonds is 1. The summed E-state index contributed by atoms with van der Waals surface area (Å²) in [7, 11) is 1.74. The average molecular weight is 265 g/mol. The van der Waals surface area contributed by atoms with Crippen LogP contribution in [0, 0.1) is 0 Å². The van der Waals surface area contributed by atoms with Crippen molar-refractivity contribution in [2.75, 3.05) is 0 Å². The van der Waals surface area contributed by atoms with Gasteiger partial charge in [0.1, 0.15) is 5.69 Å². The van der Waals surface area contributed by atoms with Gasteiger partial charge in [0.25, 0.3) is 5.56 Å². The third-order valence-corrected chi connectivity index (χ3v) is 2.77. The first kappa shape index (κ1) is 13.7. The highest BCUT2D eigenvalue weighted by atomic mass is 16.1. The van der Waals surface area contributed by atoms with E-state index in [4.69, 9.17) is 0 Å². The van der Waals surface area contributed by atoms with Crippen LogP contribution in [0.2, 0.25) is 0 Å². The minimum atomic E-state index is -0.112. The molecule has 0 aliphatic carbocycles. The van der Waals surface area contributed by atoms with Gasteiger partial charge in [0, 0.05) is 19.4 Å². The summed E-state index contributed by atoms with van der Waals surface area (Å²) >= 11 is 0. The van der Waals surface area contributed by atoms with E-state index >= 15 is 0 Å². The lowest BCUT2D eigenvalue weighted by atomic mass is 10.3. The highest BCUT2D eigenvalue weighted by molar-refractivity contribution is 5.75. The molecule has 0 aliphatic rings. The molecule has 20 heavy (non-hydrogen) atoms. The van der Waals surface area contributed by atoms with E-state index < -0.39 is 0 Å². The van der Waals surface area contributed by atoms with Gasteiger partial charge >= 0.3 is 0 Å². The molecular formula is C16H15N3O. The molecule has 3 rings (SSSR count). The SMILES string of the molecule is C=Cc1nc2ccccc2n(C)c1=O.c1ccncc1. The Morgan fingerprint density at radius 3 is 2.35 bits per heavy atom. The molecule has 0 unspecified atom stereocenters. The smallest absolute Gasteiger partial charge is 0.276 e. The van der Waals surface area contributed by atoms with Crippen LogP contribution in [0.25, 0.3) is 17.1 Å². The summed E-state index contributed by atoms with van der Waals surface area (Å²) in [4.78, 5) is 19.6. The molecule has 4 heteroatoms. The lowest BCUT2D eigenvalue weighted by Gasteiger charge is -2.04. The number of aryl methyl sites for hydroxylation is 1. The predicted molar refractivity (Wildman–Crippen MR) is 81.3 cm³/mol. The Bertz CT molecular complexity index is 737. The van der Waals surface area contributed by atoms with Crippen LogP contribution in [0.1, 0.15) is 5.69 Å². The molecule has 0 amide bonds. The predicted octanol–water partition coefficient (Wildman–Crippen LogP) is 2.66. The Morgan fingerprint density at radius 1 is 1.10 bits per heavy atom. The molecule has 3 aromatic rings. The molecule has 1 aromatic carbocycles. The summed E-state index contributed by atoms with van der Waals surface area (Å²) in [5.74, 6) is 0. The lowest BCUT2D eigenvalue weighted by Crippen LogP contribution is -2.20. The van der Waals surface area contributed by atoms with Gasteiger partial charge in [-0.3, -0.25) is 9.78 Å². The number of aromatic nitrogens is 3. The van der Waals surface area contributed by atoms with Crippen LogP contribution >= 0.6 is 0 Å². The van der Waals surface area contributed by atoms with Crippen molar-refractivity contribution < 1.29 is 0 Å². The maximum atomic E-state index is 11.6. The van der Waals surface area contributed by atoms with Crippen LogP contribution in [0.4, 0.5) is 0 Å². The number of benzene rings is 1. The summed E-state index contributed by atoms with van der Waals surface area (Å²) in [5.41, 5.74) is 1.93. The van der Waals surface area contributed by atoms with Crippen LogP contribution in [0.5, 0.6) is 0 Å². The molecule has 0 saturated carbocycles. The summed E-state index contributed by atoms with van der Waals surface area (Å²) in [6.07, 6.45) is 4.98. The van der Waals surface area contributed by atoms with E-state index in [1.807, 2.05) is 42.5 Å². The number of pyridine rings is 1. The number of nitrogens with zero attached hydrogens (tertiary/aromatic N) is 3. The third-order valence-electron chi connectivity index (χ3n) is 2.77. The Labute approximate surface area is 117 Å². The van der Waals surface area contributed by atoms with Crippen LogP contribution < -0.4 is 5.56 Å². The van der Waals surface area contributed by atoms with Crippen molar-refractivity contribution in [1.82, 2.24) is 14.5 Å². The molecule has 0 fully saturated rings. The quantitative estimate of drug-likeness (QED) is 0.679. The number of fused-ring (bicyclic) bond motifs is 1. The number of hydrogen-bond donors (Lipinski definition) is 0. The molecule has 0 atom stereocenters. The monoisotopic (exact) mass is 265 g/mol. The van der Waals surface area contributed by atoms with Gasteiger partial charge in [0.15, 0.2) is 0 Å². The Kier molecular flexibility index (Phi) is 4.39. The molecule has 0 radical (unpaired) electrons. The first-order valence-corrected chi connectivity index (χ1v) is 6.17. The maximum Gasteiger partial charge on any atom is 0.276 e. The van der Waals surface area contributed by atoms with Crippen LogP contribution in [0.3, 0.4) is 0 Å². The Hall–Kier alpha value is -2.75. The molecule has 4 nitrogen and oxygen atoms in total. The minimum absolute atomic E-state index is 0.112. The van der Waals surface area contributed by atoms with E-state index in [9.17, 15) is 4.79 Å². The van der Waals surface area contributed by atoms with Crippen LogP contribution in [-0.2, 0) is 7.05 Å². The summed E-state index contributed by atoms with van der Waals surface area (Å²) in [5, 5.41) is 0. The first-order valence-electron chi connectivity index (χ1n) is 6.17. The number of para-hydroxylation sites is 2. The lowest BCUT2D eigenvalue weighted by molar-refractivity contribution is 0.886. The van der Waals surface area contributed by atoms with Gasteiger partial charge in [-0.2, -0.15) is 0 Å². The molecule has 0 saturated heterocycles. The van der Waals surface area contributed by atoms with Crippen molar-refractivity contribution >= 4 is 17.1 Å². The van der Waals surface area contributed by atoms with Gasteiger partial charge < -0.3 is 4.57 Å². The Morgan fingerprint density at radius 2 is 1.80 bits per heavy atom. The van der Waals surface area contributed by atoms with Crippen molar-refractivity contribution in [2.24, 2.45) is 7.05 Å². The highest BCUT2D eigenvalue weighted by Crippen LogP contribution is 2.08. The fourth-order valence-corrected chi connectivity index (χ4v) is 1.75. The van der Waals surface area contributed by atoms with Gasteiger partial charge in [-0.15, -0.1) is 0 Å².